The van der Waals surface area contributed by atoms with Crippen molar-refractivity contribution in [3.8, 4) is 0 Å². The van der Waals surface area contributed by atoms with Crippen molar-refractivity contribution in [2.45, 2.75) is 18.9 Å². The molecule has 1 aromatic heterocycles. The van der Waals surface area contributed by atoms with Crippen molar-refractivity contribution in [1.29, 1.82) is 0 Å². The van der Waals surface area contributed by atoms with Crippen molar-refractivity contribution in [3.05, 3.63) is 18.0 Å². The van der Waals surface area contributed by atoms with Crippen LogP contribution >= 0.6 is 0 Å². The molecule has 1 saturated carbocycles. The van der Waals surface area contributed by atoms with E-state index in [1.165, 1.54) is 6.07 Å². The fourth-order valence-corrected chi connectivity index (χ4v) is 1.76. The first kappa shape index (κ1) is 12.5. The van der Waals surface area contributed by atoms with Crippen LogP contribution in [0.1, 0.15) is 23.3 Å². The van der Waals surface area contributed by atoms with Crippen LogP contribution in [0.5, 0.6) is 0 Å². The molecular weight excluding hydrogens is 234 g/mol. The number of amides is 1. The largest absolute Gasteiger partial charge is 0.451 e. The quantitative estimate of drug-likeness (QED) is 0.785. The number of anilines is 1. The van der Waals surface area contributed by atoms with E-state index in [1.807, 2.05) is 0 Å². The third-order valence-electron chi connectivity index (χ3n) is 3.05. The number of aryl methyl sites for hydroxylation is 1. The van der Waals surface area contributed by atoms with Crippen LogP contribution in [0.25, 0.3) is 0 Å². The van der Waals surface area contributed by atoms with Crippen molar-refractivity contribution >= 4 is 17.6 Å². The molecule has 18 heavy (non-hydrogen) atoms. The Balaban J connectivity index is 1.88. The van der Waals surface area contributed by atoms with Crippen LogP contribution in [0.3, 0.4) is 0 Å². The van der Waals surface area contributed by atoms with Crippen molar-refractivity contribution in [1.82, 2.24) is 9.47 Å². The highest BCUT2D eigenvalue weighted by Gasteiger charge is 2.30. The summed E-state index contributed by atoms with van der Waals surface area (Å²) in [4.78, 5) is 25.0. The van der Waals surface area contributed by atoms with Crippen LogP contribution in [0.2, 0.25) is 0 Å². The molecule has 2 rings (SSSR count). The number of hydrogen-bond donors (Lipinski definition) is 1. The zero-order valence-electron chi connectivity index (χ0n) is 10.5. The minimum absolute atomic E-state index is 0.173. The van der Waals surface area contributed by atoms with Crippen molar-refractivity contribution in [2.75, 3.05) is 19.4 Å². The smallest absolute Gasteiger partial charge is 0.355 e. The summed E-state index contributed by atoms with van der Waals surface area (Å²) in [5.74, 6) is -0.709. The van der Waals surface area contributed by atoms with Crippen LogP contribution in [-0.2, 0) is 16.6 Å². The Morgan fingerprint density at radius 2 is 2.22 bits per heavy atom. The Bertz CT molecular complexity index is 477. The number of carbonyl (C=O) groups is 2. The molecule has 0 radical (unpaired) electrons. The number of nitrogen functional groups attached to an aromatic ring is 1. The summed E-state index contributed by atoms with van der Waals surface area (Å²) in [7, 11) is 3.43. The monoisotopic (exact) mass is 251 g/mol. The normalized spacial score (nSPS) is 14.3. The zero-order chi connectivity index (χ0) is 13.3. The van der Waals surface area contributed by atoms with Crippen LogP contribution in [0, 0.1) is 0 Å². The van der Waals surface area contributed by atoms with E-state index in [4.69, 9.17) is 10.5 Å². The molecule has 0 aromatic carbocycles. The van der Waals surface area contributed by atoms with Crippen LogP contribution in [0.15, 0.2) is 12.3 Å². The second kappa shape index (κ2) is 4.72. The topological polar surface area (TPSA) is 77.6 Å². The number of likely N-dealkylation sites (N-methyl/N-ethyl adjacent to an activating group) is 1. The summed E-state index contributed by atoms with van der Waals surface area (Å²) in [5, 5.41) is 0. The van der Waals surface area contributed by atoms with Gasteiger partial charge in [0.1, 0.15) is 5.69 Å². The van der Waals surface area contributed by atoms with E-state index in [-0.39, 0.29) is 12.5 Å². The van der Waals surface area contributed by atoms with Gasteiger partial charge in [-0.05, 0) is 18.9 Å². The third-order valence-corrected chi connectivity index (χ3v) is 3.05. The lowest BCUT2D eigenvalue weighted by Gasteiger charge is -2.15. The van der Waals surface area contributed by atoms with Gasteiger partial charge in [-0.2, -0.15) is 0 Å². The molecule has 0 saturated heterocycles. The molecule has 1 aliphatic carbocycles. The van der Waals surface area contributed by atoms with E-state index in [0.717, 1.165) is 12.8 Å². The molecule has 6 nitrogen and oxygen atoms in total. The molecule has 1 amide bonds. The summed E-state index contributed by atoms with van der Waals surface area (Å²) in [6, 6.07) is 1.85. The maximum absolute atomic E-state index is 11.7. The highest BCUT2D eigenvalue weighted by molar-refractivity contribution is 5.91. The molecule has 0 unspecified atom stereocenters. The third kappa shape index (κ3) is 2.64. The molecule has 2 N–H and O–H groups in total. The standard InChI is InChI=1S/C12H17N3O3/c1-14-6-8(13)5-10(14)12(17)18-7-11(16)15(2)9-3-4-9/h5-6,9H,3-4,7,13H2,1-2H3. The molecule has 0 atom stereocenters. The molecule has 1 aliphatic rings. The number of esters is 1. The molecule has 1 heterocycles. The Morgan fingerprint density at radius 1 is 1.56 bits per heavy atom. The lowest BCUT2D eigenvalue weighted by atomic mass is 10.4. The Hall–Kier alpha value is -1.98. The average Bonchev–Trinajstić information content (AvgIpc) is 3.10. The van der Waals surface area contributed by atoms with E-state index >= 15 is 0 Å². The summed E-state index contributed by atoms with van der Waals surface area (Å²) < 4.78 is 6.55. The molecular formula is C12H17N3O3. The number of ether oxygens (including phenoxy) is 1. The van der Waals surface area contributed by atoms with Crippen molar-refractivity contribution < 1.29 is 14.3 Å². The molecule has 0 aliphatic heterocycles. The minimum Gasteiger partial charge on any atom is -0.451 e. The van der Waals surface area contributed by atoms with Crippen molar-refractivity contribution in [3.63, 3.8) is 0 Å². The predicted molar refractivity (Wildman–Crippen MR) is 65.9 cm³/mol. The Kier molecular flexibility index (Phi) is 3.27. The van der Waals surface area contributed by atoms with Gasteiger partial charge in [-0.25, -0.2) is 4.79 Å². The fourth-order valence-electron chi connectivity index (χ4n) is 1.76. The summed E-state index contributed by atoms with van der Waals surface area (Å²) in [5.41, 5.74) is 6.40. The van der Waals surface area contributed by atoms with Gasteiger partial charge in [0, 0.05) is 26.3 Å². The maximum atomic E-state index is 11.7. The highest BCUT2D eigenvalue weighted by atomic mass is 16.5. The van der Waals surface area contributed by atoms with Crippen molar-refractivity contribution in [2.24, 2.45) is 7.05 Å². The summed E-state index contributed by atoms with van der Waals surface area (Å²) in [6.07, 6.45) is 3.68. The van der Waals surface area contributed by atoms with E-state index in [2.05, 4.69) is 0 Å². The number of aromatic nitrogens is 1. The maximum Gasteiger partial charge on any atom is 0.355 e. The van der Waals surface area contributed by atoms with Gasteiger partial charge in [-0.1, -0.05) is 0 Å². The first-order valence-electron chi connectivity index (χ1n) is 5.83. The summed E-state index contributed by atoms with van der Waals surface area (Å²) in [6.45, 7) is -0.225. The number of hydrogen-bond acceptors (Lipinski definition) is 4. The number of carbonyl (C=O) groups excluding carboxylic acids is 2. The Labute approximate surface area is 105 Å². The highest BCUT2D eigenvalue weighted by Crippen LogP contribution is 2.25. The van der Waals surface area contributed by atoms with Gasteiger partial charge in [-0.15, -0.1) is 0 Å². The van der Waals surface area contributed by atoms with E-state index in [0.29, 0.717) is 17.4 Å². The molecule has 1 fully saturated rings. The number of nitrogens with zero attached hydrogens (tertiary/aromatic N) is 2. The van der Waals surface area contributed by atoms with E-state index in [9.17, 15) is 9.59 Å². The molecule has 0 bridgehead atoms. The van der Waals surface area contributed by atoms with E-state index in [1.54, 1.807) is 29.8 Å². The van der Waals surface area contributed by atoms with Crippen LogP contribution in [0.4, 0.5) is 5.69 Å². The molecule has 1 aromatic rings. The number of rotatable bonds is 4. The van der Waals surface area contributed by atoms with Crippen LogP contribution < -0.4 is 5.73 Å². The minimum atomic E-state index is -0.535. The second-order valence-electron chi connectivity index (χ2n) is 4.58. The van der Waals surface area contributed by atoms with E-state index < -0.39 is 5.97 Å². The van der Waals surface area contributed by atoms with Gasteiger partial charge in [-0.3, -0.25) is 4.79 Å². The van der Waals surface area contributed by atoms with Gasteiger partial charge < -0.3 is 19.9 Å². The lowest BCUT2D eigenvalue weighted by molar-refractivity contribution is -0.133. The molecule has 98 valence electrons. The predicted octanol–water partition coefficient (Wildman–Crippen LogP) is 0.385. The summed E-state index contributed by atoms with van der Waals surface area (Å²) >= 11 is 0. The zero-order valence-corrected chi connectivity index (χ0v) is 10.5. The first-order valence-corrected chi connectivity index (χ1v) is 5.83. The Morgan fingerprint density at radius 3 is 2.72 bits per heavy atom. The SMILES string of the molecule is CN(C(=O)COC(=O)c1cc(N)cn1C)C1CC1. The average molecular weight is 251 g/mol. The number of nitrogens with two attached hydrogens (primary N) is 1. The van der Waals surface area contributed by atoms with Gasteiger partial charge in [0.15, 0.2) is 6.61 Å². The fraction of sp³-hybridized carbons (Fsp3) is 0.500. The van der Waals surface area contributed by atoms with Gasteiger partial charge in [0.2, 0.25) is 0 Å². The van der Waals surface area contributed by atoms with Gasteiger partial charge in [0.25, 0.3) is 5.91 Å². The first-order chi connectivity index (χ1) is 8.49. The van der Waals surface area contributed by atoms with Crippen LogP contribution in [-0.4, -0.2) is 41.0 Å². The molecule has 6 heteroatoms. The lowest BCUT2D eigenvalue weighted by Crippen LogP contribution is -2.33. The van der Waals surface area contributed by atoms with Gasteiger partial charge in [0.05, 0.1) is 5.69 Å². The molecule has 0 spiro atoms. The van der Waals surface area contributed by atoms with Gasteiger partial charge >= 0.3 is 5.97 Å². The second-order valence-corrected chi connectivity index (χ2v) is 4.58.